The molecule has 1 aromatic heterocycles. The molecule has 2 rings (SSSR count). The highest BCUT2D eigenvalue weighted by Crippen LogP contribution is 2.48. The fourth-order valence-corrected chi connectivity index (χ4v) is 2.61. The molecule has 0 saturated heterocycles. The first-order chi connectivity index (χ1) is 5.81. The molecule has 1 aliphatic rings. The second-order valence-electron chi connectivity index (χ2n) is 3.16. The summed E-state index contributed by atoms with van der Waals surface area (Å²) in [6.45, 7) is 1.10. The molecule has 0 spiro atoms. The highest BCUT2D eigenvalue weighted by molar-refractivity contribution is 7.15. The molecule has 1 N–H and O–H groups in total. The molecule has 1 fully saturated rings. The normalized spacial score (nSPS) is 27.5. The van der Waals surface area contributed by atoms with E-state index in [0.29, 0.717) is 5.92 Å². The number of nitrogens with zero attached hydrogens (tertiary/aromatic N) is 1. The molecule has 1 saturated carbocycles. The van der Waals surface area contributed by atoms with Crippen LogP contribution in [0.15, 0.2) is 6.20 Å². The lowest BCUT2D eigenvalue weighted by Gasteiger charge is -1.93. The van der Waals surface area contributed by atoms with E-state index in [1.165, 1.54) is 11.4 Å². The van der Waals surface area contributed by atoms with Gasteiger partial charge < -0.3 is 5.32 Å². The molecule has 2 nitrogen and oxygen atoms in total. The van der Waals surface area contributed by atoms with Crippen molar-refractivity contribution in [2.75, 3.05) is 13.6 Å². The van der Waals surface area contributed by atoms with Crippen LogP contribution in [-0.4, -0.2) is 18.6 Å². The van der Waals surface area contributed by atoms with Crippen LogP contribution in [0.25, 0.3) is 0 Å². The van der Waals surface area contributed by atoms with Crippen molar-refractivity contribution < 1.29 is 0 Å². The summed E-state index contributed by atoms with van der Waals surface area (Å²) >= 11 is 7.41. The molecule has 0 aliphatic heterocycles. The largest absolute Gasteiger partial charge is 0.319 e. The van der Waals surface area contributed by atoms with Crippen LogP contribution in [0.3, 0.4) is 0 Å². The summed E-state index contributed by atoms with van der Waals surface area (Å²) in [6.07, 6.45) is 3.01. The number of rotatable bonds is 3. The van der Waals surface area contributed by atoms with Gasteiger partial charge >= 0.3 is 0 Å². The van der Waals surface area contributed by atoms with Crippen molar-refractivity contribution in [3.63, 3.8) is 0 Å². The number of thiazole rings is 1. The Kier molecular flexibility index (Phi) is 2.35. The molecule has 1 aromatic rings. The Bertz CT molecular complexity index is 274. The van der Waals surface area contributed by atoms with E-state index in [9.17, 15) is 0 Å². The average molecular weight is 203 g/mol. The van der Waals surface area contributed by atoms with Crippen molar-refractivity contribution in [2.24, 2.45) is 5.92 Å². The van der Waals surface area contributed by atoms with Gasteiger partial charge in [0.25, 0.3) is 0 Å². The van der Waals surface area contributed by atoms with Gasteiger partial charge in [-0.2, -0.15) is 0 Å². The van der Waals surface area contributed by atoms with Gasteiger partial charge in [0.15, 0.2) is 0 Å². The van der Waals surface area contributed by atoms with Crippen molar-refractivity contribution >= 4 is 22.9 Å². The lowest BCUT2D eigenvalue weighted by molar-refractivity contribution is 0.697. The number of aromatic nitrogens is 1. The van der Waals surface area contributed by atoms with Crippen LogP contribution in [0.4, 0.5) is 0 Å². The van der Waals surface area contributed by atoms with Crippen molar-refractivity contribution in [3.05, 3.63) is 15.5 Å². The zero-order chi connectivity index (χ0) is 8.55. The molecule has 0 amide bonds. The molecule has 2 unspecified atom stereocenters. The molecule has 0 aromatic carbocycles. The predicted molar refractivity (Wildman–Crippen MR) is 51.9 cm³/mol. The predicted octanol–water partition coefficient (Wildman–Crippen LogP) is 2.12. The molecule has 0 radical (unpaired) electrons. The Balaban J connectivity index is 1.96. The molecular formula is C8H11ClN2S. The van der Waals surface area contributed by atoms with Gasteiger partial charge in [0, 0.05) is 5.92 Å². The molecule has 0 bridgehead atoms. The minimum atomic E-state index is 0.676. The van der Waals surface area contributed by atoms with Gasteiger partial charge in [-0.3, -0.25) is 0 Å². The van der Waals surface area contributed by atoms with Crippen LogP contribution in [0, 0.1) is 5.92 Å². The third-order valence-electron chi connectivity index (χ3n) is 2.20. The van der Waals surface area contributed by atoms with Crippen LogP contribution >= 0.6 is 22.9 Å². The van der Waals surface area contributed by atoms with E-state index < -0.39 is 0 Å². The number of halogens is 1. The van der Waals surface area contributed by atoms with E-state index in [-0.39, 0.29) is 0 Å². The second-order valence-corrected chi connectivity index (χ2v) is 4.86. The number of nitrogens with one attached hydrogen (secondary N) is 1. The lowest BCUT2D eigenvalue weighted by Crippen LogP contribution is -2.10. The summed E-state index contributed by atoms with van der Waals surface area (Å²) in [6, 6.07) is 0. The standard InChI is InChI=1S/C8H11ClN2S/c1-10-3-5-2-6(5)8-11-4-7(9)12-8/h4-6,10H,2-3H2,1H3. The summed E-state index contributed by atoms with van der Waals surface area (Å²) in [5.41, 5.74) is 0. The van der Waals surface area contributed by atoms with Gasteiger partial charge in [0.05, 0.1) is 11.2 Å². The van der Waals surface area contributed by atoms with Crippen LogP contribution in [-0.2, 0) is 0 Å². The zero-order valence-electron chi connectivity index (χ0n) is 6.88. The third-order valence-corrected chi connectivity index (χ3v) is 3.45. The van der Waals surface area contributed by atoms with Gasteiger partial charge in [0.1, 0.15) is 4.34 Å². The van der Waals surface area contributed by atoms with Crippen molar-refractivity contribution in [3.8, 4) is 0 Å². The van der Waals surface area contributed by atoms with Crippen molar-refractivity contribution in [2.45, 2.75) is 12.3 Å². The van der Waals surface area contributed by atoms with Crippen LogP contribution in [0.1, 0.15) is 17.3 Å². The van der Waals surface area contributed by atoms with E-state index in [1.54, 1.807) is 17.5 Å². The lowest BCUT2D eigenvalue weighted by atomic mass is 10.3. The average Bonchev–Trinajstić information content (AvgIpc) is 2.67. The quantitative estimate of drug-likeness (QED) is 0.813. The Morgan fingerprint density at radius 3 is 3.25 bits per heavy atom. The monoisotopic (exact) mass is 202 g/mol. The van der Waals surface area contributed by atoms with Gasteiger partial charge in [-0.1, -0.05) is 11.6 Å². The summed E-state index contributed by atoms with van der Waals surface area (Å²) in [7, 11) is 1.99. The summed E-state index contributed by atoms with van der Waals surface area (Å²) in [5, 5.41) is 4.39. The summed E-state index contributed by atoms with van der Waals surface area (Å²) in [4.78, 5) is 4.27. The molecule has 1 heterocycles. The maximum Gasteiger partial charge on any atom is 0.113 e. The van der Waals surface area contributed by atoms with Gasteiger partial charge in [-0.15, -0.1) is 11.3 Å². The molecule has 66 valence electrons. The molecule has 1 aliphatic carbocycles. The highest BCUT2D eigenvalue weighted by atomic mass is 35.5. The second kappa shape index (κ2) is 3.32. The smallest absolute Gasteiger partial charge is 0.113 e. The Labute approximate surface area is 81.0 Å². The number of hydrogen-bond donors (Lipinski definition) is 1. The third kappa shape index (κ3) is 1.63. The van der Waals surface area contributed by atoms with Crippen LogP contribution < -0.4 is 5.32 Å². The van der Waals surface area contributed by atoms with E-state index in [0.717, 1.165) is 16.8 Å². The first-order valence-corrected chi connectivity index (χ1v) is 5.26. The minimum absolute atomic E-state index is 0.676. The van der Waals surface area contributed by atoms with E-state index >= 15 is 0 Å². The van der Waals surface area contributed by atoms with Crippen molar-refractivity contribution in [1.82, 2.24) is 10.3 Å². The van der Waals surface area contributed by atoms with E-state index in [4.69, 9.17) is 11.6 Å². The fourth-order valence-electron chi connectivity index (χ4n) is 1.48. The van der Waals surface area contributed by atoms with Gasteiger partial charge in [-0.05, 0) is 25.9 Å². The van der Waals surface area contributed by atoms with Gasteiger partial charge in [-0.25, -0.2) is 4.98 Å². The number of hydrogen-bond acceptors (Lipinski definition) is 3. The zero-order valence-corrected chi connectivity index (χ0v) is 8.45. The van der Waals surface area contributed by atoms with Crippen LogP contribution in [0.5, 0.6) is 0 Å². The van der Waals surface area contributed by atoms with Crippen molar-refractivity contribution in [1.29, 1.82) is 0 Å². The Morgan fingerprint density at radius 2 is 2.67 bits per heavy atom. The first kappa shape index (κ1) is 8.48. The van der Waals surface area contributed by atoms with Crippen LogP contribution in [0.2, 0.25) is 4.34 Å². The Hall–Kier alpha value is -0.120. The molecule has 12 heavy (non-hydrogen) atoms. The Morgan fingerprint density at radius 1 is 1.83 bits per heavy atom. The van der Waals surface area contributed by atoms with E-state index in [2.05, 4.69) is 10.3 Å². The SMILES string of the molecule is CNCC1CC1c1ncc(Cl)s1. The summed E-state index contributed by atoms with van der Waals surface area (Å²) < 4.78 is 0.806. The van der Waals surface area contributed by atoms with Gasteiger partial charge in [0.2, 0.25) is 0 Å². The topological polar surface area (TPSA) is 24.9 Å². The first-order valence-electron chi connectivity index (χ1n) is 4.07. The maximum atomic E-state index is 5.80. The van der Waals surface area contributed by atoms with E-state index in [1.807, 2.05) is 7.05 Å². The minimum Gasteiger partial charge on any atom is -0.319 e. The molecule has 4 heteroatoms. The molecule has 2 atom stereocenters. The fraction of sp³-hybridized carbons (Fsp3) is 0.625. The maximum absolute atomic E-state index is 5.80. The summed E-state index contributed by atoms with van der Waals surface area (Å²) in [5.74, 6) is 1.46. The molecular weight excluding hydrogens is 192 g/mol. The highest BCUT2D eigenvalue weighted by Gasteiger charge is 2.39.